The van der Waals surface area contributed by atoms with Gasteiger partial charge in [-0.2, -0.15) is 4.39 Å². The van der Waals surface area contributed by atoms with Crippen LogP contribution in [0.5, 0.6) is 5.75 Å². The first kappa shape index (κ1) is 14.6. The van der Waals surface area contributed by atoms with Gasteiger partial charge in [-0.3, -0.25) is 0 Å². The van der Waals surface area contributed by atoms with Crippen LogP contribution in [0.2, 0.25) is 0 Å². The van der Waals surface area contributed by atoms with Gasteiger partial charge in [0, 0.05) is 6.07 Å². The molecule has 0 fully saturated rings. The standard InChI is InChI=1S/C6H2F4O.CHCl3/c7-2-1-3(11)5(9)6(10)4(2)8;2-1(3)4/h1,11H;1H. The summed E-state index contributed by atoms with van der Waals surface area (Å²) in [5, 5.41) is 8.38. The maximum absolute atomic E-state index is 12.1. The fraction of sp³-hybridized carbons (Fsp3) is 0.143. The van der Waals surface area contributed by atoms with Crippen LogP contribution >= 0.6 is 34.8 Å². The van der Waals surface area contributed by atoms with E-state index in [4.69, 9.17) is 39.9 Å². The summed E-state index contributed by atoms with van der Waals surface area (Å²) in [4.78, 5) is 0. The summed E-state index contributed by atoms with van der Waals surface area (Å²) < 4.78 is 47.6. The minimum absolute atomic E-state index is 0.160. The molecule has 0 aliphatic carbocycles. The second-order valence-electron chi connectivity index (χ2n) is 2.07. The van der Waals surface area contributed by atoms with Crippen LogP contribution in [-0.2, 0) is 0 Å². The van der Waals surface area contributed by atoms with Crippen molar-refractivity contribution in [3.8, 4) is 5.75 Å². The van der Waals surface area contributed by atoms with Gasteiger partial charge >= 0.3 is 0 Å². The van der Waals surface area contributed by atoms with Gasteiger partial charge in [0.2, 0.25) is 11.6 Å². The van der Waals surface area contributed by atoms with E-state index in [2.05, 4.69) is 0 Å². The number of rotatable bonds is 0. The third kappa shape index (κ3) is 4.77. The quantitative estimate of drug-likeness (QED) is 0.331. The molecule has 15 heavy (non-hydrogen) atoms. The summed E-state index contributed by atoms with van der Waals surface area (Å²) in [7, 11) is 0. The Morgan fingerprint density at radius 2 is 1.33 bits per heavy atom. The van der Waals surface area contributed by atoms with Crippen molar-refractivity contribution in [3.63, 3.8) is 0 Å². The van der Waals surface area contributed by atoms with Crippen molar-refractivity contribution in [2.45, 2.75) is 4.30 Å². The van der Waals surface area contributed by atoms with E-state index in [1.807, 2.05) is 0 Å². The van der Waals surface area contributed by atoms with Gasteiger partial charge < -0.3 is 5.11 Å². The highest BCUT2D eigenvalue weighted by Crippen LogP contribution is 2.22. The molecule has 1 N–H and O–H groups in total. The molecule has 8 heteroatoms. The van der Waals surface area contributed by atoms with E-state index in [1.165, 1.54) is 0 Å². The molecule has 1 aromatic rings. The molecule has 0 saturated heterocycles. The van der Waals surface area contributed by atoms with E-state index >= 15 is 0 Å². The number of hydrogen-bond donors (Lipinski definition) is 1. The summed E-state index contributed by atoms with van der Waals surface area (Å²) in [5.41, 5.74) is 0. The summed E-state index contributed by atoms with van der Waals surface area (Å²) >= 11 is 14.4. The largest absolute Gasteiger partial charge is 0.505 e. The summed E-state index contributed by atoms with van der Waals surface area (Å²) in [6.07, 6.45) is 0. The number of benzene rings is 1. The average molecular weight is 285 g/mol. The maximum atomic E-state index is 12.1. The van der Waals surface area contributed by atoms with Crippen LogP contribution in [0.15, 0.2) is 6.07 Å². The lowest BCUT2D eigenvalue weighted by Crippen LogP contribution is -1.94. The lowest BCUT2D eigenvalue weighted by atomic mass is 10.3. The van der Waals surface area contributed by atoms with Crippen LogP contribution < -0.4 is 0 Å². The Labute approximate surface area is 97.2 Å². The summed E-state index contributed by atoms with van der Waals surface area (Å²) in [5.74, 6) is -8.60. The Kier molecular flexibility index (Phi) is 6.09. The van der Waals surface area contributed by atoms with Gasteiger partial charge in [-0.05, 0) is 0 Å². The van der Waals surface area contributed by atoms with E-state index in [1.54, 1.807) is 0 Å². The normalized spacial score (nSPS) is 9.87. The molecule has 0 amide bonds. The number of phenols is 1. The molecular formula is C7H3Cl3F4O. The first-order valence-electron chi connectivity index (χ1n) is 3.21. The summed E-state index contributed by atoms with van der Waals surface area (Å²) in [6.45, 7) is 0. The molecular weight excluding hydrogens is 282 g/mol. The first-order valence-corrected chi connectivity index (χ1v) is 4.52. The number of aromatic hydroxyl groups is 1. The molecule has 86 valence electrons. The van der Waals surface area contributed by atoms with Crippen LogP contribution in [0.3, 0.4) is 0 Å². The van der Waals surface area contributed by atoms with Crippen LogP contribution in [-0.4, -0.2) is 9.40 Å². The second kappa shape index (κ2) is 6.25. The second-order valence-corrected chi connectivity index (χ2v) is 4.05. The van der Waals surface area contributed by atoms with Gasteiger partial charge in [0.05, 0.1) is 0 Å². The third-order valence-electron chi connectivity index (χ3n) is 1.08. The molecule has 0 bridgehead atoms. The van der Waals surface area contributed by atoms with Gasteiger partial charge in [-0.1, -0.05) is 34.8 Å². The molecule has 0 radical (unpaired) electrons. The van der Waals surface area contributed by atoms with E-state index in [0.717, 1.165) is 0 Å². The first-order chi connectivity index (χ1) is 6.77. The van der Waals surface area contributed by atoms with Crippen molar-refractivity contribution in [2.24, 2.45) is 0 Å². The molecule has 0 heterocycles. The van der Waals surface area contributed by atoms with E-state index in [0.29, 0.717) is 0 Å². The molecule has 0 atom stereocenters. The lowest BCUT2D eigenvalue weighted by Gasteiger charge is -1.98. The Morgan fingerprint density at radius 1 is 0.933 bits per heavy atom. The Bertz CT molecular complexity index is 316. The fourth-order valence-electron chi connectivity index (χ4n) is 0.560. The zero-order valence-electron chi connectivity index (χ0n) is 6.75. The predicted molar refractivity (Wildman–Crippen MR) is 49.3 cm³/mol. The lowest BCUT2D eigenvalue weighted by molar-refractivity contribution is 0.365. The zero-order valence-corrected chi connectivity index (χ0v) is 9.02. The van der Waals surface area contributed by atoms with Gasteiger partial charge in [0.25, 0.3) is 0 Å². The number of hydrogen-bond acceptors (Lipinski definition) is 1. The highest BCUT2D eigenvalue weighted by molar-refractivity contribution is 6.63. The molecule has 0 spiro atoms. The Hall–Kier alpha value is -0.390. The summed E-state index contributed by atoms with van der Waals surface area (Å²) in [6, 6.07) is 0.160. The number of phenolic OH excluding ortho intramolecular Hbond substituents is 1. The third-order valence-corrected chi connectivity index (χ3v) is 1.08. The minimum atomic E-state index is -2.01. The molecule has 0 aliphatic heterocycles. The molecule has 0 unspecified atom stereocenters. The maximum Gasteiger partial charge on any atom is 0.203 e. The van der Waals surface area contributed by atoms with Crippen molar-refractivity contribution in [2.75, 3.05) is 0 Å². The SMILES string of the molecule is ClC(Cl)Cl.Oc1cc(F)c(F)c(F)c1F. The molecule has 0 saturated carbocycles. The number of halogens is 7. The monoisotopic (exact) mass is 284 g/mol. The van der Waals surface area contributed by atoms with Crippen molar-refractivity contribution in [1.82, 2.24) is 0 Å². The topological polar surface area (TPSA) is 20.2 Å². The molecule has 0 aromatic heterocycles. The van der Waals surface area contributed by atoms with Gasteiger partial charge in [-0.15, -0.1) is 0 Å². The average Bonchev–Trinajstić information content (AvgIpc) is 2.11. The number of alkyl halides is 3. The highest BCUT2D eigenvalue weighted by atomic mass is 35.6. The molecule has 1 rings (SSSR count). The van der Waals surface area contributed by atoms with Crippen LogP contribution in [0.25, 0.3) is 0 Å². The van der Waals surface area contributed by atoms with Crippen LogP contribution in [0, 0.1) is 23.3 Å². The molecule has 1 aromatic carbocycles. The molecule has 0 aliphatic rings. The Balaban J connectivity index is 0.000000423. The van der Waals surface area contributed by atoms with Crippen molar-refractivity contribution in [1.29, 1.82) is 0 Å². The predicted octanol–water partition coefficient (Wildman–Crippen LogP) is 3.93. The van der Waals surface area contributed by atoms with Gasteiger partial charge in [-0.25, -0.2) is 13.2 Å². The fourth-order valence-corrected chi connectivity index (χ4v) is 0.560. The van der Waals surface area contributed by atoms with Crippen molar-refractivity contribution >= 4 is 34.8 Å². The van der Waals surface area contributed by atoms with E-state index < -0.39 is 33.3 Å². The minimum Gasteiger partial charge on any atom is -0.505 e. The smallest absolute Gasteiger partial charge is 0.203 e. The van der Waals surface area contributed by atoms with Crippen LogP contribution in [0.4, 0.5) is 17.6 Å². The highest BCUT2D eigenvalue weighted by Gasteiger charge is 2.17. The van der Waals surface area contributed by atoms with Gasteiger partial charge in [0.1, 0.15) is 0 Å². The van der Waals surface area contributed by atoms with Crippen molar-refractivity contribution in [3.05, 3.63) is 29.3 Å². The zero-order chi connectivity index (χ0) is 12.2. The van der Waals surface area contributed by atoms with Crippen molar-refractivity contribution < 1.29 is 22.7 Å². The van der Waals surface area contributed by atoms with Gasteiger partial charge in [0.15, 0.2) is 21.7 Å². The van der Waals surface area contributed by atoms with E-state index in [9.17, 15) is 17.6 Å². The van der Waals surface area contributed by atoms with E-state index in [-0.39, 0.29) is 6.07 Å². The molecule has 1 nitrogen and oxygen atoms in total. The Morgan fingerprint density at radius 3 is 1.73 bits per heavy atom. The van der Waals surface area contributed by atoms with Crippen LogP contribution in [0.1, 0.15) is 0 Å².